The molecule has 0 heterocycles. The van der Waals surface area contributed by atoms with Gasteiger partial charge in [-0.05, 0) is 73.0 Å². The van der Waals surface area contributed by atoms with Crippen molar-refractivity contribution in [1.82, 2.24) is 0 Å². The molecule has 0 aliphatic heterocycles. The van der Waals surface area contributed by atoms with Gasteiger partial charge in [-0.15, -0.1) is 0 Å². The fourth-order valence-corrected chi connectivity index (χ4v) is 8.84. The minimum atomic E-state index is -0.550. The van der Waals surface area contributed by atoms with E-state index in [-0.39, 0.29) is 22.9 Å². The highest BCUT2D eigenvalue weighted by Gasteiger charge is 2.63. The number of aliphatic hydroxyl groups is 3. The predicted molar refractivity (Wildman–Crippen MR) is 122 cm³/mol. The standard InChI is InChI=1S/C27H46O3/c1-16(2)7-6-8-17(3)21-11-12-22-20-10-9-18-13-19(28)14-24(30)27(18,5)25(20)23(29)15-26(21,22)4/h9,16-17,19-25,28-30H,6-8,10-15H2,1-5H3/t17-,19-,20?,21-,22?,23-,24+,25?,26-,27-/m1/s1. The van der Waals surface area contributed by atoms with Crippen LogP contribution in [-0.4, -0.2) is 33.6 Å². The van der Waals surface area contributed by atoms with Gasteiger partial charge in [0.1, 0.15) is 0 Å². The Morgan fingerprint density at radius 2 is 1.80 bits per heavy atom. The lowest BCUT2D eigenvalue weighted by Crippen LogP contribution is -2.60. The molecular weight excluding hydrogens is 372 g/mol. The SMILES string of the molecule is CC(C)CCC[C@@H](C)[C@H]1CCC2C3CC=C4C[C@@H](O)C[C@H](O)[C@]4(C)C3[C@H](O)C[C@@]21C. The highest BCUT2D eigenvalue weighted by molar-refractivity contribution is 5.28. The summed E-state index contributed by atoms with van der Waals surface area (Å²) in [6.07, 6.45) is 10.5. The second-order valence-corrected chi connectivity index (χ2v) is 12.4. The summed E-state index contributed by atoms with van der Waals surface area (Å²) in [5.41, 5.74) is 1.05. The van der Waals surface area contributed by atoms with Crippen molar-refractivity contribution in [3.8, 4) is 0 Å². The third-order valence-electron chi connectivity index (χ3n) is 10.3. The van der Waals surface area contributed by atoms with E-state index in [4.69, 9.17) is 0 Å². The normalized spacial score (nSPS) is 49.2. The molecule has 3 N–H and O–H groups in total. The van der Waals surface area contributed by atoms with Crippen LogP contribution < -0.4 is 0 Å². The summed E-state index contributed by atoms with van der Waals surface area (Å²) in [4.78, 5) is 0. The molecule has 30 heavy (non-hydrogen) atoms. The van der Waals surface area contributed by atoms with Gasteiger partial charge in [0.15, 0.2) is 0 Å². The molecule has 4 aliphatic rings. The zero-order valence-corrected chi connectivity index (χ0v) is 20.0. The van der Waals surface area contributed by atoms with Crippen LogP contribution in [-0.2, 0) is 0 Å². The van der Waals surface area contributed by atoms with E-state index in [0.29, 0.717) is 30.6 Å². The Kier molecular flexibility index (Phi) is 6.23. The molecule has 3 fully saturated rings. The van der Waals surface area contributed by atoms with Gasteiger partial charge < -0.3 is 15.3 Å². The van der Waals surface area contributed by atoms with Crippen LogP contribution in [0.5, 0.6) is 0 Å². The van der Waals surface area contributed by atoms with Crippen LogP contribution in [0.25, 0.3) is 0 Å². The fraction of sp³-hybridized carbons (Fsp3) is 0.926. The highest BCUT2D eigenvalue weighted by Crippen LogP contribution is 2.67. The summed E-state index contributed by atoms with van der Waals surface area (Å²) >= 11 is 0. The van der Waals surface area contributed by atoms with Gasteiger partial charge in [0.05, 0.1) is 18.3 Å². The summed E-state index contributed by atoms with van der Waals surface area (Å²) in [5.74, 6) is 3.46. The smallest absolute Gasteiger partial charge is 0.0659 e. The Labute approximate surface area is 184 Å². The summed E-state index contributed by atoms with van der Waals surface area (Å²) in [5, 5.41) is 32.8. The molecule has 3 saturated carbocycles. The molecule has 3 unspecified atom stereocenters. The van der Waals surface area contributed by atoms with Crippen molar-refractivity contribution >= 4 is 0 Å². The zero-order chi connectivity index (χ0) is 21.8. The lowest BCUT2D eigenvalue weighted by molar-refractivity contribution is -0.159. The van der Waals surface area contributed by atoms with E-state index in [1.165, 1.54) is 37.7 Å². The van der Waals surface area contributed by atoms with Crippen LogP contribution in [0.2, 0.25) is 0 Å². The second kappa shape index (κ2) is 8.19. The van der Waals surface area contributed by atoms with Crippen molar-refractivity contribution in [2.75, 3.05) is 0 Å². The van der Waals surface area contributed by atoms with Crippen molar-refractivity contribution in [1.29, 1.82) is 0 Å². The molecule has 172 valence electrons. The molecule has 4 aliphatic carbocycles. The van der Waals surface area contributed by atoms with Crippen molar-refractivity contribution in [2.24, 2.45) is 46.3 Å². The first-order valence-corrected chi connectivity index (χ1v) is 12.8. The van der Waals surface area contributed by atoms with Crippen LogP contribution in [0.3, 0.4) is 0 Å². The topological polar surface area (TPSA) is 60.7 Å². The molecule has 4 rings (SSSR count). The van der Waals surface area contributed by atoms with Crippen LogP contribution in [0.4, 0.5) is 0 Å². The number of hydrogen-bond acceptors (Lipinski definition) is 3. The molecule has 0 amide bonds. The molecule has 0 saturated heterocycles. The second-order valence-electron chi connectivity index (χ2n) is 12.4. The Hall–Kier alpha value is -0.380. The van der Waals surface area contributed by atoms with Crippen LogP contribution >= 0.6 is 0 Å². The molecular formula is C27H46O3. The average Bonchev–Trinajstić information content (AvgIpc) is 2.99. The van der Waals surface area contributed by atoms with Crippen molar-refractivity contribution < 1.29 is 15.3 Å². The van der Waals surface area contributed by atoms with E-state index in [2.05, 4.69) is 40.7 Å². The van der Waals surface area contributed by atoms with E-state index in [0.717, 1.165) is 24.7 Å². The van der Waals surface area contributed by atoms with Crippen LogP contribution in [0.1, 0.15) is 92.4 Å². The van der Waals surface area contributed by atoms with E-state index in [9.17, 15) is 15.3 Å². The molecule has 3 nitrogen and oxygen atoms in total. The van der Waals surface area contributed by atoms with E-state index >= 15 is 0 Å². The molecule has 0 aromatic rings. The predicted octanol–water partition coefficient (Wildman–Crippen LogP) is 5.33. The molecule has 0 aromatic carbocycles. The van der Waals surface area contributed by atoms with Gasteiger partial charge in [-0.1, -0.05) is 65.5 Å². The Bertz CT molecular complexity index is 656. The third kappa shape index (κ3) is 3.52. The van der Waals surface area contributed by atoms with Gasteiger partial charge in [-0.3, -0.25) is 0 Å². The Balaban J connectivity index is 1.57. The number of fused-ring (bicyclic) bond motifs is 5. The maximum Gasteiger partial charge on any atom is 0.0659 e. The van der Waals surface area contributed by atoms with Gasteiger partial charge in [-0.25, -0.2) is 0 Å². The third-order valence-corrected chi connectivity index (χ3v) is 10.3. The van der Waals surface area contributed by atoms with E-state index in [1.807, 2.05) is 0 Å². The Morgan fingerprint density at radius 3 is 2.50 bits per heavy atom. The van der Waals surface area contributed by atoms with Gasteiger partial charge in [0.25, 0.3) is 0 Å². The largest absolute Gasteiger partial charge is 0.393 e. The molecule has 0 bridgehead atoms. The highest BCUT2D eigenvalue weighted by atomic mass is 16.3. The maximum absolute atomic E-state index is 11.6. The zero-order valence-electron chi connectivity index (χ0n) is 20.0. The van der Waals surface area contributed by atoms with Gasteiger partial charge in [0, 0.05) is 11.8 Å². The molecule has 3 heteroatoms. The molecule has 10 atom stereocenters. The monoisotopic (exact) mass is 418 g/mol. The lowest BCUT2D eigenvalue weighted by atomic mass is 9.45. The fourth-order valence-electron chi connectivity index (χ4n) is 8.84. The van der Waals surface area contributed by atoms with Crippen molar-refractivity contribution in [3.05, 3.63) is 11.6 Å². The van der Waals surface area contributed by atoms with Gasteiger partial charge in [-0.2, -0.15) is 0 Å². The van der Waals surface area contributed by atoms with Crippen molar-refractivity contribution in [3.63, 3.8) is 0 Å². The first-order chi connectivity index (χ1) is 14.1. The number of rotatable bonds is 5. The summed E-state index contributed by atoms with van der Waals surface area (Å²) in [7, 11) is 0. The first kappa shape index (κ1) is 22.8. The minimum Gasteiger partial charge on any atom is -0.393 e. The number of aliphatic hydroxyl groups excluding tert-OH is 3. The summed E-state index contributed by atoms with van der Waals surface area (Å²) in [6.45, 7) is 11.8. The quantitative estimate of drug-likeness (QED) is 0.529. The lowest BCUT2D eigenvalue weighted by Gasteiger charge is -2.61. The minimum absolute atomic E-state index is 0.132. The molecule has 0 aromatic heterocycles. The Morgan fingerprint density at radius 1 is 1.07 bits per heavy atom. The van der Waals surface area contributed by atoms with Gasteiger partial charge in [0.2, 0.25) is 0 Å². The van der Waals surface area contributed by atoms with E-state index in [1.54, 1.807) is 0 Å². The molecule has 0 radical (unpaired) electrons. The average molecular weight is 419 g/mol. The van der Waals surface area contributed by atoms with Crippen LogP contribution in [0, 0.1) is 46.3 Å². The first-order valence-electron chi connectivity index (χ1n) is 12.8. The maximum atomic E-state index is 11.6. The van der Waals surface area contributed by atoms with Gasteiger partial charge >= 0.3 is 0 Å². The van der Waals surface area contributed by atoms with E-state index < -0.39 is 12.2 Å². The number of allylic oxidation sites excluding steroid dienone is 1. The summed E-state index contributed by atoms with van der Waals surface area (Å²) < 4.78 is 0. The summed E-state index contributed by atoms with van der Waals surface area (Å²) in [6, 6.07) is 0. The molecule has 0 spiro atoms. The number of hydrogen-bond donors (Lipinski definition) is 3. The van der Waals surface area contributed by atoms with Crippen LogP contribution in [0.15, 0.2) is 11.6 Å². The van der Waals surface area contributed by atoms with Crippen molar-refractivity contribution in [2.45, 2.75) is 111 Å².